The summed E-state index contributed by atoms with van der Waals surface area (Å²) in [5.41, 5.74) is 0. The van der Waals surface area contributed by atoms with Gasteiger partial charge in [-0.3, -0.25) is 14.4 Å². The first-order valence-electron chi connectivity index (χ1n) is 4.24. The second-order valence-electron chi connectivity index (χ2n) is 3.32. The van der Waals surface area contributed by atoms with Crippen LogP contribution < -0.4 is 56.3 Å². The van der Waals surface area contributed by atoms with Crippen molar-refractivity contribution in [2.45, 2.75) is 24.4 Å². The number of carboxylic acid groups (broad SMARTS) is 3. The molecule has 2 unspecified atom stereocenters. The van der Waals surface area contributed by atoms with E-state index in [0.717, 1.165) is 0 Å². The van der Waals surface area contributed by atoms with Gasteiger partial charge in [0, 0.05) is 6.42 Å². The summed E-state index contributed by atoms with van der Waals surface area (Å²) in [4.78, 5) is 51.3. The first kappa shape index (κ1) is 20.5. The summed E-state index contributed by atoms with van der Waals surface area (Å²) in [5, 5.41) is 22.5. The van der Waals surface area contributed by atoms with Crippen LogP contribution in [0.3, 0.4) is 0 Å². The van der Waals surface area contributed by atoms with Gasteiger partial charge in [0.1, 0.15) is 12.8 Å². The van der Waals surface area contributed by atoms with Crippen molar-refractivity contribution in [1.82, 2.24) is 0 Å². The molecule has 4 N–H and O–H groups in total. The predicted octanol–water partition coefficient (Wildman–Crippen LogP) is -4.30. The molecule has 0 saturated heterocycles. The van der Waals surface area contributed by atoms with E-state index in [-0.39, 0.29) is 51.4 Å². The maximum Gasteiger partial charge on any atom is 1.00 e. The molecule has 0 bridgehead atoms. The fourth-order valence-corrected chi connectivity index (χ4v) is 2.17. The first-order chi connectivity index (χ1) is 7.53. The summed E-state index contributed by atoms with van der Waals surface area (Å²) in [7, 11) is -5.57. The molecule has 0 amide bonds. The van der Waals surface area contributed by atoms with Crippen molar-refractivity contribution in [3.8, 4) is 0 Å². The molecule has 0 aromatic rings. The van der Waals surface area contributed by atoms with Gasteiger partial charge in [0.15, 0.2) is 0 Å². The Bertz CT molecular complexity index is 388. The van der Waals surface area contributed by atoms with Gasteiger partial charge in [0.05, 0.1) is 6.42 Å². The van der Waals surface area contributed by atoms with Crippen molar-refractivity contribution in [2.24, 2.45) is 0 Å². The molecule has 0 radical (unpaired) electrons. The summed E-state index contributed by atoms with van der Waals surface area (Å²) >= 11 is 0. The van der Waals surface area contributed by atoms with Gasteiger partial charge in [-0.25, -0.2) is 0 Å². The van der Waals surface area contributed by atoms with E-state index in [1.165, 1.54) is 0 Å². The summed E-state index contributed by atoms with van der Waals surface area (Å²) in [5.74, 6) is -5.38. The number of carboxylic acids is 3. The molecule has 0 spiro atoms. The van der Waals surface area contributed by atoms with Crippen molar-refractivity contribution in [3.63, 3.8) is 0 Å². The molecule has 18 heavy (non-hydrogen) atoms. The van der Waals surface area contributed by atoms with E-state index in [1.54, 1.807) is 0 Å². The van der Waals surface area contributed by atoms with Crippen LogP contribution in [0.15, 0.2) is 0 Å². The van der Waals surface area contributed by atoms with Crippen LogP contribution in [0.4, 0.5) is 0 Å². The van der Waals surface area contributed by atoms with Gasteiger partial charge in [0.2, 0.25) is 0 Å². The van der Waals surface area contributed by atoms with Gasteiger partial charge in [-0.1, -0.05) is 0 Å². The Morgan fingerprint density at radius 1 is 1.11 bits per heavy atom. The van der Waals surface area contributed by atoms with E-state index in [1.807, 2.05) is 0 Å². The van der Waals surface area contributed by atoms with Gasteiger partial charge in [-0.2, -0.15) is 0 Å². The van der Waals surface area contributed by atoms with Crippen molar-refractivity contribution in [1.29, 1.82) is 0 Å². The Labute approximate surface area is 144 Å². The van der Waals surface area contributed by atoms with E-state index in [9.17, 15) is 23.8 Å². The molecule has 0 aromatic carbocycles. The fraction of sp³-hybridized carbons (Fsp3) is 0.571. The van der Waals surface area contributed by atoms with Crippen LogP contribution in [0.1, 0.15) is 19.3 Å². The zero-order valence-electron chi connectivity index (χ0n) is 9.40. The molecule has 11 heteroatoms. The zero-order chi connectivity index (χ0) is 13.9. The fourth-order valence-electron chi connectivity index (χ4n) is 1.20. The molecule has 0 aliphatic carbocycles. The largest absolute Gasteiger partial charge is 1.00 e. The van der Waals surface area contributed by atoms with Crippen LogP contribution in [-0.2, 0) is 18.9 Å². The molecule has 0 fully saturated rings. The standard InChI is InChI=1S/C7H11O9P.K/c8-4(9)1-2-7(6(12)13,3-5(10)11)17(14,15)16;/h1-3H2,(H,8,9)(H,10,11)(H,12,13)(H2,14,15,16);/q;+1/p-1. The summed E-state index contributed by atoms with van der Waals surface area (Å²) in [6.45, 7) is 0. The van der Waals surface area contributed by atoms with Crippen molar-refractivity contribution in [2.75, 3.05) is 0 Å². The summed E-state index contributed by atoms with van der Waals surface area (Å²) in [6, 6.07) is 0. The Kier molecular flexibility index (Phi) is 8.78. The molecular weight excluding hydrogens is 298 g/mol. The molecule has 0 heterocycles. The topological polar surface area (TPSA) is 172 Å². The smallest absolute Gasteiger partial charge is 0.778 e. The van der Waals surface area contributed by atoms with Crippen LogP contribution in [0.2, 0.25) is 0 Å². The molecule has 0 aromatic heterocycles. The van der Waals surface area contributed by atoms with E-state index < -0.39 is 49.9 Å². The molecule has 9 nitrogen and oxygen atoms in total. The molecular formula is C7H10KO9P. The van der Waals surface area contributed by atoms with E-state index in [4.69, 9.17) is 20.2 Å². The van der Waals surface area contributed by atoms with Crippen LogP contribution >= 0.6 is 7.60 Å². The predicted molar refractivity (Wildman–Crippen MR) is 49.3 cm³/mol. The van der Waals surface area contributed by atoms with Crippen molar-refractivity contribution < 1.29 is 95.4 Å². The van der Waals surface area contributed by atoms with E-state index in [0.29, 0.717) is 0 Å². The molecule has 0 rings (SSSR count). The third kappa shape index (κ3) is 5.45. The normalized spacial score (nSPS) is 16.8. The Balaban J connectivity index is 0. The number of hydrogen-bond acceptors (Lipinski definition) is 5. The Morgan fingerprint density at radius 3 is 1.78 bits per heavy atom. The minimum atomic E-state index is -5.57. The maximum absolute atomic E-state index is 11.0. The maximum atomic E-state index is 11.0. The quantitative estimate of drug-likeness (QED) is 0.268. The first-order valence-corrected chi connectivity index (χ1v) is 5.81. The molecule has 0 aliphatic heterocycles. The third-order valence-corrected chi connectivity index (χ3v) is 3.79. The second-order valence-corrected chi connectivity index (χ2v) is 5.22. The molecule has 2 atom stereocenters. The third-order valence-electron chi connectivity index (χ3n) is 2.14. The van der Waals surface area contributed by atoms with Crippen molar-refractivity contribution >= 4 is 25.5 Å². The summed E-state index contributed by atoms with van der Waals surface area (Å²) in [6.07, 6.45) is -3.33. The number of aliphatic carboxylic acids is 3. The van der Waals surface area contributed by atoms with Crippen LogP contribution in [-0.4, -0.2) is 43.3 Å². The minimum Gasteiger partial charge on any atom is -0.778 e. The number of carbonyl (C=O) groups is 3. The van der Waals surface area contributed by atoms with Gasteiger partial charge in [-0.05, 0) is 6.42 Å². The minimum absolute atomic E-state index is 0. The van der Waals surface area contributed by atoms with E-state index >= 15 is 0 Å². The Morgan fingerprint density at radius 2 is 1.56 bits per heavy atom. The Hall–Kier alpha value is 0.196. The molecule has 0 aliphatic rings. The van der Waals surface area contributed by atoms with Crippen molar-refractivity contribution in [3.05, 3.63) is 0 Å². The van der Waals surface area contributed by atoms with E-state index in [2.05, 4.69) is 0 Å². The van der Waals surface area contributed by atoms with Crippen LogP contribution in [0.5, 0.6) is 0 Å². The van der Waals surface area contributed by atoms with Gasteiger partial charge in [0.25, 0.3) is 0 Å². The zero-order valence-corrected chi connectivity index (χ0v) is 13.4. The molecule has 98 valence electrons. The average Bonchev–Trinajstić information content (AvgIpc) is 2.08. The number of hydrogen-bond donors (Lipinski definition) is 4. The second kappa shape index (κ2) is 7.70. The van der Waals surface area contributed by atoms with Gasteiger partial charge in [-0.15, -0.1) is 0 Å². The average molecular weight is 308 g/mol. The van der Waals surface area contributed by atoms with Crippen LogP contribution in [0, 0.1) is 0 Å². The summed E-state index contributed by atoms with van der Waals surface area (Å²) < 4.78 is 11.0. The number of rotatable bonds is 7. The SMILES string of the molecule is O=C(O)CCC(CC(=O)O)(C(=O)O)P(=O)([O-])O.[K+]. The van der Waals surface area contributed by atoms with Gasteiger partial charge < -0.3 is 29.7 Å². The van der Waals surface area contributed by atoms with Crippen LogP contribution in [0.25, 0.3) is 0 Å². The molecule has 0 saturated carbocycles. The monoisotopic (exact) mass is 308 g/mol. The van der Waals surface area contributed by atoms with Gasteiger partial charge >= 0.3 is 69.3 Å².